The smallest absolute Gasteiger partial charge is 0.273 e. The van der Waals surface area contributed by atoms with Gasteiger partial charge in [-0.1, -0.05) is 11.8 Å². The van der Waals surface area contributed by atoms with Gasteiger partial charge in [0.1, 0.15) is 5.69 Å². The molecule has 1 fully saturated rings. The van der Waals surface area contributed by atoms with Gasteiger partial charge in [-0.2, -0.15) is 0 Å². The van der Waals surface area contributed by atoms with Crippen molar-refractivity contribution in [3.05, 3.63) is 29.6 Å². The van der Waals surface area contributed by atoms with Crippen molar-refractivity contribution in [1.29, 1.82) is 0 Å². The summed E-state index contributed by atoms with van der Waals surface area (Å²) < 4.78 is 5.64. The van der Waals surface area contributed by atoms with Crippen molar-refractivity contribution in [2.24, 2.45) is 5.73 Å². The summed E-state index contributed by atoms with van der Waals surface area (Å²) in [4.78, 5) is 18.5. The van der Waals surface area contributed by atoms with Gasteiger partial charge < -0.3 is 15.4 Å². The normalized spacial score (nSPS) is 22.1. The fourth-order valence-corrected chi connectivity index (χ4v) is 2.32. The molecule has 106 valence electrons. The third-order valence-electron chi connectivity index (χ3n) is 3.04. The van der Waals surface area contributed by atoms with Crippen LogP contribution < -0.4 is 5.73 Å². The van der Waals surface area contributed by atoms with Crippen LogP contribution in [0.3, 0.4) is 0 Å². The predicted molar refractivity (Wildman–Crippen MR) is 76.1 cm³/mol. The van der Waals surface area contributed by atoms with Gasteiger partial charge in [0.15, 0.2) is 0 Å². The Hall–Kier alpha value is -1.90. The van der Waals surface area contributed by atoms with Gasteiger partial charge in [-0.25, -0.2) is 4.98 Å². The summed E-state index contributed by atoms with van der Waals surface area (Å²) in [5, 5.41) is 0. The molecule has 1 aromatic rings. The SMILES string of the molecule is CC1CN(C(=O)c2ncccc2C#CCN)CC(C)O1. The van der Waals surface area contributed by atoms with Crippen LogP contribution in [0.25, 0.3) is 0 Å². The van der Waals surface area contributed by atoms with E-state index in [-0.39, 0.29) is 24.7 Å². The first-order valence-corrected chi connectivity index (χ1v) is 6.70. The zero-order valence-corrected chi connectivity index (χ0v) is 11.8. The molecule has 1 aliphatic heterocycles. The summed E-state index contributed by atoms with van der Waals surface area (Å²) >= 11 is 0. The maximum atomic E-state index is 12.6. The number of hydrogen-bond donors (Lipinski definition) is 1. The number of hydrogen-bond acceptors (Lipinski definition) is 4. The van der Waals surface area contributed by atoms with E-state index in [9.17, 15) is 4.79 Å². The van der Waals surface area contributed by atoms with Crippen LogP contribution in [-0.2, 0) is 4.74 Å². The highest BCUT2D eigenvalue weighted by Gasteiger charge is 2.28. The van der Waals surface area contributed by atoms with Crippen molar-refractivity contribution in [3.63, 3.8) is 0 Å². The van der Waals surface area contributed by atoms with Gasteiger partial charge in [0.2, 0.25) is 0 Å². The Morgan fingerprint density at radius 3 is 2.85 bits per heavy atom. The summed E-state index contributed by atoms with van der Waals surface area (Å²) in [5.74, 6) is 5.56. The molecule has 0 saturated carbocycles. The molecule has 2 heterocycles. The molecule has 2 atom stereocenters. The number of ether oxygens (including phenoxy) is 1. The molecule has 2 rings (SSSR count). The van der Waals surface area contributed by atoms with E-state index in [1.165, 1.54) is 0 Å². The van der Waals surface area contributed by atoms with Crippen LogP contribution >= 0.6 is 0 Å². The molecule has 0 radical (unpaired) electrons. The first kappa shape index (κ1) is 14.5. The molecule has 0 aromatic carbocycles. The van der Waals surface area contributed by atoms with Gasteiger partial charge in [-0.3, -0.25) is 4.79 Å². The maximum Gasteiger partial charge on any atom is 0.273 e. The first-order chi connectivity index (χ1) is 9.61. The van der Waals surface area contributed by atoms with Gasteiger partial charge in [-0.15, -0.1) is 0 Å². The molecular weight excluding hydrogens is 254 g/mol. The van der Waals surface area contributed by atoms with Crippen molar-refractivity contribution in [2.45, 2.75) is 26.1 Å². The fourth-order valence-electron chi connectivity index (χ4n) is 2.32. The number of aromatic nitrogens is 1. The van der Waals surface area contributed by atoms with Crippen LogP contribution in [0.15, 0.2) is 18.3 Å². The number of rotatable bonds is 1. The van der Waals surface area contributed by atoms with Gasteiger partial charge in [0.25, 0.3) is 5.91 Å². The van der Waals surface area contributed by atoms with Crippen LogP contribution in [0, 0.1) is 11.8 Å². The minimum absolute atomic E-state index is 0.0324. The number of amides is 1. The lowest BCUT2D eigenvalue weighted by atomic mass is 10.1. The number of carbonyl (C=O) groups excluding carboxylic acids is 1. The minimum atomic E-state index is -0.103. The molecule has 1 saturated heterocycles. The molecule has 5 heteroatoms. The average molecular weight is 273 g/mol. The van der Waals surface area contributed by atoms with E-state index >= 15 is 0 Å². The first-order valence-electron chi connectivity index (χ1n) is 6.70. The number of nitrogens with zero attached hydrogens (tertiary/aromatic N) is 2. The lowest BCUT2D eigenvalue weighted by molar-refractivity contribution is -0.0587. The van der Waals surface area contributed by atoms with Crippen LogP contribution in [0.4, 0.5) is 0 Å². The maximum absolute atomic E-state index is 12.6. The van der Waals surface area contributed by atoms with Crippen molar-refractivity contribution < 1.29 is 9.53 Å². The highest BCUT2D eigenvalue weighted by molar-refractivity contribution is 5.94. The molecule has 0 bridgehead atoms. The molecule has 20 heavy (non-hydrogen) atoms. The predicted octanol–water partition coefficient (Wildman–Crippen LogP) is 0.641. The Balaban J connectivity index is 2.24. The second kappa shape index (κ2) is 6.51. The van der Waals surface area contributed by atoms with Gasteiger partial charge in [0.05, 0.1) is 24.3 Å². The molecule has 0 aliphatic carbocycles. The molecule has 2 N–H and O–H groups in total. The van der Waals surface area contributed by atoms with E-state index in [0.29, 0.717) is 24.3 Å². The third kappa shape index (κ3) is 3.35. The van der Waals surface area contributed by atoms with Crippen LogP contribution in [0.5, 0.6) is 0 Å². The van der Waals surface area contributed by atoms with Crippen LogP contribution in [0.1, 0.15) is 29.9 Å². The summed E-state index contributed by atoms with van der Waals surface area (Å²) in [7, 11) is 0. The monoisotopic (exact) mass is 273 g/mol. The van der Waals surface area contributed by atoms with Gasteiger partial charge in [-0.05, 0) is 26.0 Å². The molecule has 5 nitrogen and oxygen atoms in total. The van der Waals surface area contributed by atoms with Crippen molar-refractivity contribution in [1.82, 2.24) is 9.88 Å². The highest BCUT2D eigenvalue weighted by atomic mass is 16.5. The molecule has 1 aliphatic rings. The Labute approximate surface area is 119 Å². The second-order valence-electron chi connectivity index (χ2n) is 4.87. The largest absolute Gasteiger partial charge is 0.372 e. The van der Waals surface area contributed by atoms with E-state index in [2.05, 4.69) is 16.8 Å². The van der Waals surface area contributed by atoms with Crippen molar-refractivity contribution in [3.8, 4) is 11.8 Å². The Morgan fingerprint density at radius 2 is 2.20 bits per heavy atom. The zero-order valence-electron chi connectivity index (χ0n) is 11.8. The number of morpholine rings is 1. The molecular formula is C15H19N3O2. The topological polar surface area (TPSA) is 68.5 Å². The Bertz CT molecular complexity index is 538. The fraction of sp³-hybridized carbons (Fsp3) is 0.467. The Morgan fingerprint density at radius 1 is 1.50 bits per heavy atom. The van der Waals surface area contributed by atoms with E-state index in [1.807, 2.05) is 13.8 Å². The highest BCUT2D eigenvalue weighted by Crippen LogP contribution is 2.15. The van der Waals surface area contributed by atoms with Gasteiger partial charge >= 0.3 is 0 Å². The van der Waals surface area contributed by atoms with Crippen molar-refractivity contribution >= 4 is 5.91 Å². The Kier molecular flexibility index (Phi) is 4.72. The van der Waals surface area contributed by atoms with E-state index in [0.717, 1.165) is 0 Å². The van der Waals surface area contributed by atoms with Crippen molar-refractivity contribution in [2.75, 3.05) is 19.6 Å². The van der Waals surface area contributed by atoms with Crippen LogP contribution in [-0.4, -0.2) is 47.6 Å². The molecule has 0 spiro atoms. The van der Waals surface area contributed by atoms with E-state index in [4.69, 9.17) is 10.5 Å². The summed E-state index contributed by atoms with van der Waals surface area (Å²) in [6, 6.07) is 3.55. The number of pyridine rings is 1. The van der Waals surface area contributed by atoms with E-state index < -0.39 is 0 Å². The summed E-state index contributed by atoms with van der Waals surface area (Å²) in [6.07, 6.45) is 1.67. The molecule has 1 aromatic heterocycles. The third-order valence-corrected chi connectivity index (χ3v) is 3.04. The number of nitrogens with two attached hydrogens (primary N) is 1. The van der Waals surface area contributed by atoms with Gasteiger partial charge in [0, 0.05) is 19.3 Å². The molecule has 1 amide bonds. The standard InChI is InChI=1S/C15H19N3O2/c1-11-9-18(10-12(2)20-11)15(19)14-13(5-3-7-16)6-4-8-17-14/h4,6,8,11-12H,7,9-10,16H2,1-2H3. The minimum Gasteiger partial charge on any atom is -0.372 e. The quantitative estimate of drug-likeness (QED) is 0.763. The zero-order chi connectivity index (χ0) is 14.5. The molecule has 2 unspecified atom stereocenters. The van der Waals surface area contributed by atoms with E-state index in [1.54, 1.807) is 23.2 Å². The summed E-state index contributed by atoms with van der Waals surface area (Å²) in [6.45, 7) is 5.33. The second-order valence-corrected chi connectivity index (χ2v) is 4.87. The average Bonchev–Trinajstić information content (AvgIpc) is 2.43. The summed E-state index contributed by atoms with van der Waals surface area (Å²) in [5.41, 5.74) is 6.38. The van der Waals surface area contributed by atoms with Crippen LogP contribution in [0.2, 0.25) is 0 Å². The lowest BCUT2D eigenvalue weighted by Crippen LogP contribution is -2.48. The lowest BCUT2D eigenvalue weighted by Gasteiger charge is -2.35. The number of carbonyl (C=O) groups is 1.